The van der Waals surface area contributed by atoms with Crippen molar-refractivity contribution in [3.05, 3.63) is 0 Å². The monoisotopic (exact) mass is 565 g/mol. The van der Waals surface area contributed by atoms with Crippen LogP contribution in [0, 0.1) is 0 Å². The van der Waals surface area contributed by atoms with E-state index in [1.54, 1.807) is 0 Å². The van der Waals surface area contributed by atoms with Crippen LogP contribution in [-0.2, 0) is 29.3 Å². The van der Waals surface area contributed by atoms with Gasteiger partial charge in [0, 0.05) is 6.54 Å². The molecule has 0 aromatic rings. The van der Waals surface area contributed by atoms with Gasteiger partial charge in [-0.15, -0.1) is 0 Å². The molecule has 0 aliphatic carbocycles. The van der Waals surface area contributed by atoms with E-state index in [4.69, 9.17) is 0 Å². The smallest absolute Gasteiger partial charge is 0.328 e. The Balaban J connectivity index is 5.71. The first-order chi connectivity index (χ1) is 17.8. The van der Waals surface area contributed by atoms with Gasteiger partial charge in [0.25, 0.3) is 10.1 Å². The van der Waals surface area contributed by atoms with Gasteiger partial charge in [0.05, 0.1) is 12.8 Å². The Labute approximate surface area is 226 Å². The van der Waals surface area contributed by atoms with E-state index in [0.29, 0.717) is 19.3 Å². The zero-order valence-corrected chi connectivity index (χ0v) is 23.7. The third-order valence-corrected chi connectivity index (χ3v) is 8.37. The molecule has 0 saturated heterocycles. The van der Waals surface area contributed by atoms with Crippen molar-refractivity contribution in [2.24, 2.45) is 0 Å². The topological polar surface area (TPSA) is 187 Å². The highest BCUT2D eigenvalue weighted by molar-refractivity contribution is 7.88. The van der Waals surface area contributed by atoms with Crippen LogP contribution >= 0.6 is 0 Å². The van der Waals surface area contributed by atoms with Gasteiger partial charge in [0.2, 0.25) is 10.7 Å². The summed E-state index contributed by atoms with van der Waals surface area (Å²) in [5.74, 6) is -6.10. The Morgan fingerprint density at radius 3 is 1.58 bits per heavy atom. The molecule has 0 radical (unpaired) electrons. The predicted octanol–water partition coefficient (Wildman–Crippen LogP) is 4.74. The Hall–Kier alpha value is -2.21. The van der Waals surface area contributed by atoms with Crippen LogP contribution in [0.1, 0.15) is 123 Å². The quantitative estimate of drug-likeness (QED) is 0.0940. The summed E-state index contributed by atoms with van der Waals surface area (Å²) < 4.78 is 31.7. The van der Waals surface area contributed by atoms with Crippen molar-refractivity contribution in [1.82, 2.24) is 4.90 Å². The summed E-state index contributed by atoms with van der Waals surface area (Å²) in [6, 6.07) is -1.80. The van der Waals surface area contributed by atoms with Crippen LogP contribution in [-0.4, -0.2) is 74.3 Å². The van der Waals surface area contributed by atoms with Gasteiger partial charge in [0.15, 0.2) is 0 Å². The standard InChI is InChI=1S/C26H47NO10S/c1-3-5-7-9-11-12-13-15-17-26(25(33)34,38(35,36)37)20-22(28)27(18-16-14-10-8-6-4-2)21(24(31)32)19-23(29)30/h21H,3-20H2,1-2H3,(H,29,30)(H,31,32)(H,33,34)(H,35,36,37). The Morgan fingerprint density at radius 2 is 1.18 bits per heavy atom. The molecule has 0 aromatic carbocycles. The van der Waals surface area contributed by atoms with Crippen molar-refractivity contribution >= 4 is 33.9 Å². The van der Waals surface area contributed by atoms with Crippen LogP contribution in [0.5, 0.6) is 0 Å². The molecule has 0 spiro atoms. The van der Waals surface area contributed by atoms with Crippen LogP contribution in [0.2, 0.25) is 0 Å². The molecule has 222 valence electrons. The zero-order valence-electron chi connectivity index (χ0n) is 22.9. The molecule has 12 heteroatoms. The lowest BCUT2D eigenvalue weighted by Crippen LogP contribution is -2.53. The summed E-state index contributed by atoms with van der Waals surface area (Å²) in [5.41, 5.74) is 0. The average molecular weight is 566 g/mol. The molecule has 1 amide bonds. The van der Waals surface area contributed by atoms with Gasteiger partial charge in [0.1, 0.15) is 6.04 Å². The second kappa shape index (κ2) is 18.9. The molecule has 0 aliphatic heterocycles. The van der Waals surface area contributed by atoms with E-state index in [0.717, 1.165) is 69.1 Å². The lowest BCUT2D eigenvalue weighted by molar-refractivity contribution is -0.155. The molecule has 0 saturated carbocycles. The molecule has 2 atom stereocenters. The highest BCUT2D eigenvalue weighted by Crippen LogP contribution is 2.31. The third-order valence-electron chi connectivity index (χ3n) is 6.86. The molecule has 2 unspecified atom stereocenters. The lowest BCUT2D eigenvalue weighted by atomic mass is 9.94. The predicted molar refractivity (Wildman–Crippen MR) is 143 cm³/mol. The maximum Gasteiger partial charge on any atom is 0.328 e. The molecular formula is C26H47NO10S. The van der Waals surface area contributed by atoms with E-state index in [1.165, 1.54) is 0 Å². The van der Waals surface area contributed by atoms with Crippen LogP contribution in [0.25, 0.3) is 0 Å². The molecule has 0 fully saturated rings. The number of carbonyl (C=O) groups is 4. The normalized spacial score (nSPS) is 14.0. The minimum Gasteiger partial charge on any atom is -0.481 e. The van der Waals surface area contributed by atoms with Crippen molar-refractivity contribution in [3.63, 3.8) is 0 Å². The number of unbranched alkanes of at least 4 members (excludes halogenated alkanes) is 12. The van der Waals surface area contributed by atoms with Crippen LogP contribution in [0.3, 0.4) is 0 Å². The van der Waals surface area contributed by atoms with E-state index < -0.39 is 64.0 Å². The lowest BCUT2D eigenvalue weighted by Gasteiger charge is -2.32. The van der Waals surface area contributed by atoms with Crippen molar-refractivity contribution in [2.45, 2.75) is 134 Å². The highest BCUT2D eigenvalue weighted by Gasteiger charge is 2.53. The van der Waals surface area contributed by atoms with Crippen molar-refractivity contribution in [1.29, 1.82) is 0 Å². The number of hydrogen-bond donors (Lipinski definition) is 4. The first kappa shape index (κ1) is 35.8. The molecule has 0 aliphatic rings. The summed E-state index contributed by atoms with van der Waals surface area (Å²) >= 11 is 0. The van der Waals surface area contributed by atoms with E-state index in [-0.39, 0.29) is 13.0 Å². The Kier molecular flexibility index (Phi) is 17.8. The second-order valence-electron chi connectivity index (χ2n) is 9.98. The average Bonchev–Trinajstić information content (AvgIpc) is 2.82. The summed E-state index contributed by atoms with van der Waals surface area (Å²) in [7, 11) is -5.27. The highest BCUT2D eigenvalue weighted by atomic mass is 32.2. The van der Waals surface area contributed by atoms with E-state index in [2.05, 4.69) is 6.92 Å². The fraction of sp³-hybridized carbons (Fsp3) is 0.846. The summed E-state index contributed by atoms with van der Waals surface area (Å²) in [4.78, 5) is 49.3. The Bertz CT molecular complexity index is 845. The minimum absolute atomic E-state index is 0.127. The number of amides is 1. The number of hydrogen-bond acceptors (Lipinski definition) is 6. The zero-order chi connectivity index (χ0) is 29.2. The SMILES string of the molecule is CCCCCCCCCCC(CC(=O)N(CCCCCCCC)C(CC(=O)O)C(=O)O)(C(=O)O)S(=O)(=O)O. The first-order valence-electron chi connectivity index (χ1n) is 13.8. The summed E-state index contributed by atoms with van der Waals surface area (Å²) in [6.07, 6.45) is 8.64. The van der Waals surface area contributed by atoms with Gasteiger partial charge in [-0.2, -0.15) is 8.42 Å². The number of rotatable bonds is 24. The van der Waals surface area contributed by atoms with Gasteiger partial charge in [-0.05, 0) is 12.8 Å². The molecule has 0 heterocycles. The van der Waals surface area contributed by atoms with Crippen molar-refractivity contribution in [2.75, 3.05) is 6.54 Å². The van der Waals surface area contributed by atoms with Crippen LogP contribution < -0.4 is 0 Å². The van der Waals surface area contributed by atoms with E-state index in [1.807, 2.05) is 6.92 Å². The van der Waals surface area contributed by atoms with Gasteiger partial charge in [-0.25, -0.2) is 4.79 Å². The number of carboxylic acids is 3. The maximum atomic E-state index is 13.3. The first-order valence-corrected chi connectivity index (χ1v) is 15.2. The van der Waals surface area contributed by atoms with Crippen molar-refractivity contribution in [3.8, 4) is 0 Å². The fourth-order valence-electron chi connectivity index (χ4n) is 4.50. The number of carboxylic acid groups (broad SMARTS) is 3. The summed E-state index contributed by atoms with van der Waals surface area (Å²) in [6.45, 7) is 3.96. The maximum absolute atomic E-state index is 13.3. The van der Waals surface area contributed by atoms with Gasteiger partial charge in [-0.1, -0.05) is 97.3 Å². The molecule has 0 aromatic heterocycles. The molecule has 4 N–H and O–H groups in total. The van der Waals surface area contributed by atoms with E-state index >= 15 is 0 Å². The number of nitrogens with zero attached hydrogens (tertiary/aromatic N) is 1. The molecule has 11 nitrogen and oxygen atoms in total. The number of carbonyl (C=O) groups excluding carboxylic acids is 1. The molecule has 38 heavy (non-hydrogen) atoms. The van der Waals surface area contributed by atoms with Gasteiger partial charge >= 0.3 is 17.9 Å². The van der Waals surface area contributed by atoms with Gasteiger partial charge in [-0.3, -0.25) is 18.9 Å². The minimum atomic E-state index is -5.27. The fourth-order valence-corrected chi connectivity index (χ4v) is 5.43. The molecule has 0 rings (SSSR count). The van der Waals surface area contributed by atoms with Gasteiger partial charge < -0.3 is 20.2 Å². The molecular weight excluding hydrogens is 518 g/mol. The molecule has 0 bridgehead atoms. The third kappa shape index (κ3) is 13.0. The van der Waals surface area contributed by atoms with Crippen molar-refractivity contribution < 1.29 is 47.5 Å². The largest absolute Gasteiger partial charge is 0.481 e. The van der Waals surface area contributed by atoms with E-state index in [9.17, 15) is 47.5 Å². The Morgan fingerprint density at radius 1 is 0.737 bits per heavy atom. The van der Waals surface area contributed by atoms with Crippen LogP contribution in [0.15, 0.2) is 0 Å². The number of aliphatic carboxylic acids is 3. The second-order valence-corrected chi connectivity index (χ2v) is 11.7. The van der Waals surface area contributed by atoms with Crippen LogP contribution in [0.4, 0.5) is 0 Å². The summed E-state index contributed by atoms with van der Waals surface area (Å²) in [5, 5.41) is 28.7.